The molecule has 0 bridgehead atoms. The summed E-state index contributed by atoms with van der Waals surface area (Å²) in [6.07, 6.45) is 5.38. The topological polar surface area (TPSA) is 70.9 Å². The van der Waals surface area contributed by atoms with Gasteiger partial charge in [0.2, 0.25) is 0 Å². The number of nitrogens with one attached hydrogen (secondary N) is 1. The SMILES string of the molecule is CCO/N=C\CCC1CCNC(C(=O)O)C1. The fourth-order valence-corrected chi connectivity index (χ4v) is 1.94. The minimum atomic E-state index is -0.743. The molecule has 5 heteroatoms. The predicted octanol–water partition coefficient (Wildman–Crippen LogP) is 1.24. The molecule has 1 aliphatic rings. The minimum Gasteiger partial charge on any atom is -0.480 e. The molecule has 0 saturated carbocycles. The summed E-state index contributed by atoms with van der Waals surface area (Å²) in [6, 6.07) is -0.373. The number of hydrogen-bond acceptors (Lipinski definition) is 4. The molecular weight excluding hydrogens is 208 g/mol. The number of carboxylic acids is 1. The Hall–Kier alpha value is -1.10. The Balaban J connectivity index is 2.19. The largest absolute Gasteiger partial charge is 0.480 e. The van der Waals surface area contributed by atoms with Crippen LogP contribution in [0, 0.1) is 5.92 Å². The summed E-state index contributed by atoms with van der Waals surface area (Å²) in [5.74, 6) is -0.261. The lowest BCUT2D eigenvalue weighted by Crippen LogP contribution is -2.43. The van der Waals surface area contributed by atoms with Crippen molar-refractivity contribution in [2.24, 2.45) is 11.1 Å². The minimum absolute atomic E-state index is 0.373. The Morgan fingerprint density at radius 3 is 3.19 bits per heavy atom. The van der Waals surface area contributed by atoms with Crippen LogP contribution in [0.3, 0.4) is 0 Å². The van der Waals surface area contributed by atoms with Gasteiger partial charge >= 0.3 is 5.97 Å². The lowest BCUT2D eigenvalue weighted by molar-refractivity contribution is -0.140. The first kappa shape index (κ1) is 13.0. The Labute approximate surface area is 95.9 Å². The van der Waals surface area contributed by atoms with Crippen molar-refractivity contribution >= 4 is 12.2 Å². The summed E-state index contributed by atoms with van der Waals surface area (Å²) in [7, 11) is 0. The number of nitrogens with zero attached hydrogens (tertiary/aromatic N) is 1. The number of rotatable bonds is 6. The molecule has 1 fully saturated rings. The van der Waals surface area contributed by atoms with E-state index in [-0.39, 0.29) is 6.04 Å². The van der Waals surface area contributed by atoms with Gasteiger partial charge in [-0.15, -0.1) is 0 Å². The molecule has 0 spiro atoms. The second kappa shape index (κ2) is 7.22. The lowest BCUT2D eigenvalue weighted by atomic mass is 9.89. The fourth-order valence-electron chi connectivity index (χ4n) is 1.94. The van der Waals surface area contributed by atoms with E-state index in [0.717, 1.165) is 32.2 Å². The van der Waals surface area contributed by atoms with Gasteiger partial charge in [-0.3, -0.25) is 4.79 Å². The van der Waals surface area contributed by atoms with Crippen molar-refractivity contribution in [2.45, 2.75) is 38.6 Å². The number of aliphatic carboxylic acids is 1. The Bertz CT molecular complexity index is 243. The lowest BCUT2D eigenvalue weighted by Gasteiger charge is -2.27. The molecule has 2 N–H and O–H groups in total. The van der Waals surface area contributed by atoms with E-state index >= 15 is 0 Å². The Morgan fingerprint density at radius 2 is 2.50 bits per heavy atom. The van der Waals surface area contributed by atoms with Gasteiger partial charge in [-0.1, -0.05) is 5.16 Å². The smallest absolute Gasteiger partial charge is 0.320 e. The van der Waals surface area contributed by atoms with Crippen LogP contribution < -0.4 is 5.32 Å². The van der Waals surface area contributed by atoms with Crippen LogP contribution >= 0.6 is 0 Å². The number of hydrogen-bond donors (Lipinski definition) is 2. The van der Waals surface area contributed by atoms with Crippen molar-refractivity contribution in [1.29, 1.82) is 0 Å². The third kappa shape index (κ3) is 4.61. The van der Waals surface area contributed by atoms with Gasteiger partial charge < -0.3 is 15.3 Å². The molecule has 5 nitrogen and oxygen atoms in total. The van der Waals surface area contributed by atoms with Crippen LogP contribution in [0.4, 0.5) is 0 Å². The molecule has 0 aromatic carbocycles. The first-order valence-corrected chi connectivity index (χ1v) is 5.84. The van der Waals surface area contributed by atoms with Crippen molar-refractivity contribution in [3.63, 3.8) is 0 Å². The summed E-state index contributed by atoms with van der Waals surface area (Å²) in [5.41, 5.74) is 0. The zero-order chi connectivity index (χ0) is 11.8. The van der Waals surface area contributed by atoms with Gasteiger partial charge in [0.05, 0.1) is 0 Å². The molecule has 16 heavy (non-hydrogen) atoms. The number of oxime groups is 1. The molecule has 92 valence electrons. The normalized spacial score (nSPS) is 25.8. The molecule has 1 rings (SSSR count). The van der Waals surface area contributed by atoms with Gasteiger partial charge in [0.15, 0.2) is 0 Å². The molecular formula is C11H20N2O3. The van der Waals surface area contributed by atoms with Crippen molar-refractivity contribution in [2.75, 3.05) is 13.2 Å². The van der Waals surface area contributed by atoms with Gasteiger partial charge in [-0.05, 0) is 45.1 Å². The van der Waals surface area contributed by atoms with Gasteiger partial charge in [-0.2, -0.15) is 0 Å². The highest BCUT2D eigenvalue weighted by atomic mass is 16.6. The van der Waals surface area contributed by atoms with Gasteiger partial charge in [0.25, 0.3) is 0 Å². The Morgan fingerprint density at radius 1 is 1.69 bits per heavy atom. The second-order valence-electron chi connectivity index (χ2n) is 4.02. The van der Waals surface area contributed by atoms with E-state index in [1.807, 2.05) is 6.92 Å². The van der Waals surface area contributed by atoms with Crippen molar-refractivity contribution < 1.29 is 14.7 Å². The van der Waals surface area contributed by atoms with E-state index < -0.39 is 5.97 Å². The molecule has 0 amide bonds. The van der Waals surface area contributed by atoms with Gasteiger partial charge in [0.1, 0.15) is 12.6 Å². The molecule has 0 aliphatic carbocycles. The zero-order valence-electron chi connectivity index (χ0n) is 9.69. The molecule has 2 unspecified atom stereocenters. The van der Waals surface area contributed by atoms with Crippen LogP contribution in [0.15, 0.2) is 5.16 Å². The summed E-state index contributed by atoms with van der Waals surface area (Å²) in [5, 5.41) is 15.7. The van der Waals surface area contributed by atoms with Gasteiger partial charge in [-0.25, -0.2) is 0 Å². The van der Waals surface area contributed by atoms with E-state index in [0.29, 0.717) is 12.5 Å². The van der Waals surface area contributed by atoms with Crippen LogP contribution in [0.2, 0.25) is 0 Å². The molecule has 0 aromatic rings. The molecule has 1 saturated heterocycles. The summed E-state index contributed by atoms with van der Waals surface area (Å²) >= 11 is 0. The van der Waals surface area contributed by atoms with E-state index in [2.05, 4.69) is 10.5 Å². The highest BCUT2D eigenvalue weighted by Gasteiger charge is 2.25. The summed E-state index contributed by atoms with van der Waals surface area (Å²) in [6.45, 7) is 3.27. The second-order valence-corrected chi connectivity index (χ2v) is 4.02. The third-order valence-electron chi connectivity index (χ3n) is 2.79. The van der Waals surface area contributed by atoms with E-state index in [1.165, 1.54) is 0 Å². The third-order valence-corrected chi connectivity index (χ3v) is 2.79. The standard InChI is InChI=1S/C11H20N2O3/c1-2-16-13-6-3-4-9-5-7-12-10(8-9)11(14)15/h6,9-10,12H,2-5,7-8H2,1H3,(H,14,15)/b13-6-. The Kier molecular flexibility index (Phi) is 5.85. The van der Waals surface area contributed by atoms with E-state index in [1.54, 1.807) is 6.21 Å². The van der Waals surface area contributed by atoms with Crippen LogP contribution in [0.1, 0.15) is 32.6 Å². The first-order chi connectivity index (χ1) is 7.74. The van der Waals surface area contributed by atoms with Crippen molar-refractivity contribution in [3.05, 3.63) is 0 Å². The average molecular weight is 228 g/mol. The van der Waals surface area contributed by atoms with Crippen molar-refractivity contribution in [3.8, 4) is 0 Å². The summed E-state index contributed by atoms with van der Waals surface area (Å²) < 4.78 is 0. The maximum absolute atomic E-state index is 10.8. The van der Waals surface area contributed by atoms with E-state index in [9.17, 15) is 4.79 Å². The first-order valence-electron chi connectivity index (χ1n) is 5.84. The quantitative estimate of drug-likeness (QED) is 0.530. The molecule has 1 aliphatic heterocycles. The van der Waals surface area contributed by atoms with Crippen LogP contribution in [-0.4, -0.2) is 36.5 Å². The molecule has 2 atom stereocenters. The number of carboxylic acid groups (broad SMARTS) is 1. The average Bonchev–Trinajstić information content (AvgIpc) is 2.29. The zero-order valence-corrected chi connectivity index (χ0v) is 9.69. The van der Waals surface area contributed by atoms with Crippen LogP contribution in [0.25, 0.3) is 0 Å². The highest BCUT2D eigenvalue weighted by molar-refractivity contribution is 5.73. The molecule has 0 aromatic heterocycles. The van der Waals surface area contributed by atoms with Crippen LogP contribution in [-0.2, 0) is 9.63 Å². The van der Waals surface area contributed by atoms with Crippen molar-refractivity contribution in [1.82, 2.24) is 5.32 Å². The summed E-state index contributed by atoms with van der Waals surface area (Å²) in [4.78, 5) is 15.7. The number of carbonyl (C=O) groups is 1. The van der Waals surface area contributed by atoms with Gasteiger partial charge in [0, 0.05) is 6.21 Å². The molecule has 0 radical (unpaired) electrons. The predicted molar refractivity (Wildman–Crippen MR) is 61.5 cm³/mol. The molecule has 1 heterocycles. The number of piperidine rings is 1. The maximum atomic E-state index is 10.8. The monoisotopic (exact) mass is 228 g/mol. The van der Waals surface area contributed by atoms with Crippen LogP contribution in [0.5, 0.6) is 0 Å². The fraction of sp³-hybridized carbons (Fsp3) is 0.818. The van der Waals surface area contributed by atoms with E-state index in [4.69, 9.17) is 9.94 Å². The highest BCUT2D eigenvalue weighted by Crippen LogP contribution is 2.20. The maximum Gasteiger partial charge on any atom is 0.320 e.